The van der Waals surface area contributed by atoms with Gasteiger partial charge in [-0.25, -0.2) is 0 Å². The van der Waals surface area contributed by atoms with Gasteiger partial charge in [0.1, 0.15) is 11.6 Å². The molecule has 33 heavy (non-hydrogen) atoms. The minimum atomic E-state index is -0.862. The molecule has 1 fully saturated rings. The van der Waals surface area contributed by atoms with E-state index in [1.165, 1.54) is 0 Å². The standard InChI is InChI=1S/C25H28N4O3S/c1-15(26)29-9-8-16(13-29)14-32-20-5-2-17(3-6-20)22(25(30)31)12-21-11-19-10-18(24(27)28)4-7-23(19)33-21/h2-7,10-11,16,22,26H,8-9,12-14H2,1H3,(H3,27,28)(H,30,31). The molecule has 0 bridgehead atoms. The zero-order valence-corrected chi connectivity index (χ0v) is 19.3. The molecule has 1 saturated heterocycles. The molecule has 0 amide bonds. The van der Waals surface area contributed by atoms with E-state index in [-0.39, 0.29) is 5.84 Å². The molecule has 5 N–H and O–H groups in total. The SMILES string of the molecule is CC(=N)N1CCC(COc2ccc(C(Cc3cc4cc(C(=N)N)ccc4s3)C(=O)O)cc2)C1. The Morgan fingerprint density at radius 3 is 2.64 bits per heavy atom. The minimum absolute atomic E-state index is 0.0189. The Morgan fingerprint density at radius 1 is 1.24 bits per heavy atom. The lowest BCUT2D eigenvalue weighted by atomic mass is 9.95. The smallest absolute Gasteiger partial charge is 0.311 e. The van der Waals surface area contributed by atoms with Crippen molar-refractivity contribution >= 4 is 39.1 Å². The second-order valence-corrected chi connectivity index (χ2v) is 9.71. The van der Waals surface area contributed by atoms with Crippen molar-refractivity contribution in [2.75, 3.05) is 19.7 Å². The molecule has 0 saturated carbocycles. The number of ether oxygens (including phenoxy) is 1. The van der Waals surface area contributed by atoms with Crippen LogP contribution in [0, 0.1) is 16.7 Å². The predicted molar refractivity (Wildman–Crippen MR) is 132 cm³/mol. The van der Waals surface area contributed by atoms with E-state index >= 15 is 0 Å². The molecular formula is C25H28N4O3S. The number of fused-ring (bicyclic) bond motifs is 1. The molecule has 2 atom stereocenters. The molecule has 2 unspecified atom stereocenters. The predicted octanol–water partition coefficient (Wildman–Crippen LogP) is 4.29. The Hall–Kier alpha value is -3.39. The molecule has 1 aliphatic rings. The van der Waals surface area contributed by atoms with Crippen molar-refractivity contribution in [1.29, 1.82) is 10.8 Å². The normalized spacial score (nSPS) is 16.6. The van der Waals surface area contributed by atoms with Gasteiger partial charge in [0.2, 0.25) is 0 Å². The monoisotopic (exact) mass is 464 g/mol. The maximum Gasteiger partial charge on any atom is 0.311 e. The van der Waals surface area contributed by atoms with Gasteiger partial charge >= 0.3 is 5.97 Å². The van der Waals surface area contributed by atoms with Gasteiger partial charge in [-0.15, -0.1) is 11.3 Å². The van der Waals surface area contributed by atoms with Crippen LogP contribution in [0.4, 0.5) is 0 Å². The van der Waals surface area contributed by atoms with Gasteiger partial charge in [-0.1, -0.05) is 12.1 Å². The Kier molecular flexibility index (Phi) is 6.65. The number of nitrogen functional groups attached to an aromatic ring is 1. The van der Waals surface area contributed by atoms with E-state index in [1.807, 2.05) is 55.5 Å². The zero-order chi connectivity index (χ0) is 23.5. The van der Waals surface area contributed by atoms with Gasteiger partial charge in [-0.2, -0.15) is 0 Å². The molecule has 0 aliphatic carbocycles. The molecule has 3 aromatic rings. The molecule has 2 heterocycles. The number of hydrogen-bond donors (Lipinski definition) is 4. The first-order chi connectivity index (χ1) is 15.8. The van der Waals surface area contributed by atoms with E-state index in [9.17, 15) is 9.90 Å². The van der Waals surface area contributed by atoms with Gasteiger partial charge in [0.15, 0.2) is 0 Å². The van der Waals surface area contributed by atoms with E-state index in [4.69, 9.17) is 21.3 Å². The summed E-state index contributed by atoms with van der Waals surface area (Å²) >= 11 is 1.57. The van der Waals surface area contributed by atoms with Crippen LogP contribution in [0.15, 0.2) is 48.5 Å². The quantitative estimate of drug-likeness (QED) is 0.292. The van der Waals surface area contributed by atoms with Crippen molar-refractivity contribution < 1.29 is 14.6 Å². The van der Waals surface area contributed by atoms with Crippen LogP contribution < -0.4 is 10.5 Å². The van der Waals surface area contributed by atoms with Gasteiger partial charge in [0.05, 0.1) is 18.4 Å². The fraction of sp³-hybridized carbons (Fsp3) is 0.320. The lowest BCUT2D eigenvalue weighted by Crippen LogP contribution is -2.26. The second-order valence-electron chi connectivity index (χ2n) is 8.54. The number of nitrogens with two attached hydrogens (primary N) is 1. The molecule has 172 valence electrons. The van der Waals surface area contributed by atoms with Crippen molar-refractivity contribution in [3.8, 4) is 5.75 Å². The summed E-state index contributed by atoms with van der Waals surface area (Å²) in [7, 11) is 0. The third-order valence-electron chi connectivity index (χ3n) is 6.11. The number of hydrogen-bond acceptors (Lipinski definition) is 5. The Labute approximate surface area is 196 Å². The fourth-order valence-electron chi connectivity index (χ4n) is 4.20. The number of carbonyl (C=O) groups is 1. The Bertz CT molecular complexity index is 1190. The largest absolute Gasteiger partial charge is 0.493 e. The van der Waals surface area contributed by atoms with Gasteiger partial charge in [0, 0.05) is 34.1 Å². The maximum atomic E-state index is 12.0. The van der Waals surface area contributed by atoms with E-state index in [2.05, 4.69) is 4.90 Å². The average Bonchev–Trinajstić information content (AvgIpc) is 3.42. The fourth-order valence-corrected chi connectivity index (χ4v) is 5.29. The van der Waals surface area contributed by atoms with Gasteiger partial charge in [-0.3, -0.25) is 15.6 Å². The molecule has 0 spiro atoms. The number of amidine groups is 2. The lowest BCUT2D eigenvalue weighted by Gasteiger charge is -2.17. The van der Waals surface area contributed by atoms with Crippen LogP contribution >= 0.6 is 11.3 Å². The number of carboxylic acids is 1. The highest BCUT2D eigenvalue weighted by Gasteiger charge is 2.24. The van der Waals surface area contributed by atoms with E-state index in [0.29, 0.717) is 30.3 Å². The van der Waals surface area contributed by atoms with Gasteiger partial charge in [0.25, 0.3) is 0 Å². The number of likely N-dealkylation sites (tertiary alicyclic amines) is 1. The molecule has 7 nitrogen and oxygen atoms in total. The first kappa shape index (κ1) is 22.8. The number of thiophene rings is 1. The van der Waals surface area contributed by atoms with Crippen LogP contribution in [0.5, 0.6) is 5.75 Å². The van der Waals surface area contributed by atoms with E-state index in [1.54, 1.807) is 11.3 Å². The van der Waals surface area contributed by atoms with Crippen molar-refractivity contribution in [2.45, 2.75) is 25.7 Å². The average molecular weight is 465 g/mol. The van der Waals surface area contributed by atoms with Crippen LogP contribution in [0.2, 0.25) is 0 Å². The Balaban J connectivity index is 1.42. The van der Waals surface area contributed by atoms with Gasteiger partial charge in [-0.05, 0) is 67.1 Å². The molecule has 8 heteroatoms. The minimum Gasteiger partial charge on any atom is -0.493 e. The molecule has 4 rings (SSSR count). The molecule has 2 aromatic carbocycles. The summed E-state index contributed by atoms with van der Waals surface area (Å²) < 4.78 is 6.98. The van der Waals surface area contributed by atoms with Crippen molar-refractivity contribution in [3.63, 3.8) is 0 Å². The highest BCUT2D eigenvalue weighted by molar-refractivity contribution is 7.19. The summed E-state index contributed by atoms with van der Waals surface area (Å²) in [5, 5.41) is 26.2. The molecule has 0 radical (unpaired) electrons. The van der Waals surface area contributed by atoms with Crippen LogP contribution in [-0.2, 0) is 11.2 Å². The third-order valence-corrected chi connectivity index (χ3v) is 7.25. The highest BCUT2D eigenvalue weighted by atomic mass is 32.1. The molecular weight excluding hydrogens is 436 g/mol. The van der Waals surface area contributed by atoms with E-state index < -0.39 is 11.9 Å². The van der Waals surface area contributed by atoms with Crippen molar-refractivity contribution in [3.05, 3.63) is 64.5 Å². The zero-order valence-electron chi connectivity index (χ0n) is 18.5. The number of nitrogens with zero attached hydrogens (tertiary/aromatic N) is 1. The molecule has 1 aromatic heterocycles. The first-order valence-electron chi connectivity index (χ1n) is 10.9. The Morgan fingerprint density at radius 2 is 2.00 bits per heavy atom. The van der Waals surface area contributed by atoms with Crippen molar-refractivity contribution in [2.24, 2.45) is 11.7 Å². The van der Waals surface area contributed by atoms with Gasteiger partial charge < -0.3 is 20.5 Å². The number of rotatable bonds is 8. The summed E-state index contributed by atoms with van der Waals surface area (Å²) in [5.74, 6) is 0.224. The van der Waals surface area contributed by atoms with Crippen LogP contribution in [-0.4, -0.2) is 47.3 Å². The van der Waals surface area contributed by atoms with Crippen LogP contribution in [0.25, 0.3) is 10.1 Å². The third kappa shape index (κ3) is 5.34. The van der Waals surface area contributed by atoms with Crippen molar-refractivity contribution in [1.82, 2.24) is 4.90 Å². The number of carboxylic acid groups (broad SMARTS) is 1. The molecule has 1 aliphatic heterocycles. The summed E-state index contributed by atoms with van der Waals surface area (Å²) in [5.41, 5.74) is 6.98. The van der Waals surface area contributed by atoms with Crippen LogP contribution in [0.3, 0.4) is 0 Å². The topological polar surface area (TPSA) is 123 Å². The van der Waals surface area contributed by atoms with E-state index in [0.717, 1.165) is 45.8 Å². The lowest BCUT2D eigenvalue weighted by molar-refractivity contribution is -0.138. The first-order valence-corrected chi connectivity index (χ1v) is 11.7. The van der Waals surface area contributed by atoms with Crippen LogP contribution in [0.1, 0.15) is 35.3 Å². The summed E-state index contributed by atoms with van der Waals surface area (Å²) in [6.45, 7) is 4.15. The summed E-state index contributed by atoms with van der Waals surface area (Å²) in [6, 6.07) is 14.9. The maximum absolute atomic E-state index is 12.0. The number of nitrogens with one attached hydrogen (secondary N) is 2. The number of aliphatic carboxylic acids is 1. The summed E-state index contributed by atoms with van der Waals surface area (Å²) in [6.07, 6.45) is 1.41. The highest BCUT2D eigenvalue weighted by Crippen LogP contribution is 2.32. The number of benzene rings is 2. The summed E-state index contributed by atoms with van der Waals surface area (Å²) in [4.78, 5) is 15.1. The second kappa shape index (κ2) is 9.62.